The van der Waals surface area contributed by atoms with E-state index in [2.05, 4.69) is 3.61 Å². The average molecular weight is 303 g/mol. The first kappa shape index (κ1) is 11.5. The summed E-state index contributed by atoms with van der Waals surface area (Å²) in [6, 6.07) is 12.6. The van der Waals surface area contributed by atoms with Gasteiger partial charge in [0.25, 0.3) is 0 Å². The number of rotatable bonds is 3. The summed E-state index contributed by atoms with van der Waals surface area (Å²) < 4.78 is 31.2. The molecule has 0 saturated carbocycles. The molecule has 2 aromatic carbocycles. The van der Waals surface area contributed by atoms with E-state index in [1.54, 1.807) is 27.7 Å². The van der Waals surface area contributed by atoms with E-state index in [4.69, 9.17) is 3.82 Å². The molecular formula is C10H9O4PSe. The molecule has 0 aromatic heterocycles. The molecule has 0 bridgehead atoms. The van der Waals surface area contributed by atoms with Crippen molar-refractivity contribution in [3.8, 4) is 5.75 Å². The third-order valence-corrected chi connectivity index (χ3v) is 4.59. The molecule has 84 valence electrons. The summed E-state index contributed by atoms with van der Waals surface area (Å²) in [5.41, 5.74) is 0. The third kappa shape index (κ3) is 2.57. The number of hydrogen-bond donors (Lipinski definition) is 0. The predicted molar refractivity (Wildman–Crippen MR) is 62.5 cm³/mol. The zero-order valence-electron chi connectivity index (χ0n) is 8.16. The first-order chi connectivity index (χ1) is 7.61. The van der Waals surface area contributed by atoms with Crippen LogP contribution in [0.2, 0.25) is 0 Å². The van der Waals surface area contributed by atoms with E-state index in [0.717, 1.165) is 10.8 Å². The molecule has 0 aliphatic rings. The van der Waals surface area contributed by atoms with Gasteiger partial charge < -0.3 is 0 Å². The van der Waals surface area contributed by atoms with Crippen molar-refractivity contribution < 1.29 is 15.1 Å². The van der Waals surface area contributed by atoms with Gasteiger partial charge in [-0.1, -0.05) is 0 Å². The topological polar surface area (TPSA) is 52.6 Å². The Bertz CT molecular complexity index is 609. The molecule has 0 aliphatic heterocycles. The van der Waals surface area contributed by atoms with Gasteiger partial charge in [-0.15, -0.1) is 0 Å². The van der Waals surface area contributed by atoms with Crippen LogP contribution in [0.1, 0.15) is 0 Å². The van der Waals surface area contributed by atoms with Crippen molar-refractivity contribution in [1.29, 1.82) is 0 Å². The number of fused-ring (bicyclic) bond motifs is 1. The molecule has 0 amide bonds. The summed E-state index contributed by atoms with van der Waals surface area (Å²) in [7, 11) is 1.67. The van der Waals surface area contributed by atoms with Crippen LogP contribution in [-0.2, 0) is 11.3 Å². The maximum atomic E-state index is 11.1. The van der Waals surface area contributed by atoms with Gasteiger partial charge in [-0.2, -0.15) is 0 Å². The van der Waals surface area contributed by atoms with Crippen LogP contribution in [0.15, 0.2) is 42.5 Å². The zero-order valence-corrected chi connectivity index (χ0v) is 11.0. The molecule has 2 aromatic rings. The van der Waals surface area contributed by atoms with Crippen molar-refractivity contribution in [2.75, 3.05) is 0 Å². The summed E-state index contributed by atoms with van der Waals surface area (Å²) in [6.07, 6.45) is 0. The van der Waals surface area contributed by atoms with E-state index in [1.807, 2.05) is 24.3 Å². The van der Waals surface area contributed by atoms with Crippen LogP contribution >= 0.6 is 9.47 Å². The van der Waals surface area contributed by atoms with Crippen LogP contribution in [0.3, 0.4) is 0 Å². The normalized spacial score (nSPS) is 11.6. The van der Waals surface area contributed by atoms with Gasteiger partial charge in [-0.05, 0) is 0 Å². The van der Waals surface area contributed by atoms with Gasteiger partial charge in [0.2, 0.25) is 0 Å². The second-order valence-electron chi connectivity index (χ2n) is 3.10. The van der Waals surface area contributed by atoms with Crippen LogP contribution in [-0.4, -0.2) is 13.4 Å². The fourth-order valence-corrected chi connectivity index (χ4v) is 2.36. The molecule has 4 nitrogen and oxygen atoms in total. The summed E-state index contributed by atoms with van der Waals surface area (Å²) in [6.45, 7) is 0. The third-order valence-electron chi connectivity index (χ3n) is 2.04. The molecule has 0 spiro atoms. The standard InChI is InChI=1S/C10H9O4PSe/c11-16(12,14-15)13-10-6-5-8-3-1-2-4-9(8)7-10/h1-7H,15H2. The zero-order chi connectivity index (χ0) is 11.6. The number of hydrogen-bond acceptors (Lipinski definition) is 4. The molecule has 1 unspecified atom stereocenters. The van der Waals surface area contributed by atoms with E-state index >= 15 is 0 Å². The maximum absolute atomic E-state index is 11.1. The van der Waals surface area contributed by atoms with E-state index in [0.29, 0.717) is 0 Å². The van der Waals surface area contributed by atoms with Crippen molar-refractivity contribution in [2.45, 2.75) is 0 Å². The monoisotopic (exact) mass is 304 g/mol. The molecule has 0 aliphatic carbocycles. The van der Waals surface area contributed by atoms with Gasteiger partial charge >= 0.3 is 96.9 Å². The van der Waals surface area contributed by atoms with Gasteiger partial charge in [0, 0.05) is 0 Å². The molecule has 0 heterocycles. The van der Waals surface area contributed by atoms with Crippen LogP contribution in [0.5, 0.6) is 5.75 Å². The van der Waals surface area contributed by atoms with Gasteiger partial charge in [-0.3, -0.25) is 0 Å². The summed E-state index contributed by atoms with van der Waals surface area (Å²) >= 11 is -4.72. The molecule has 16 heavy (non-hydrogen) atoms. The van der Waals surface area contributed by atoms with Crippen LogP contribution in [0.25, 0.3) is 10.8 Å². The molecule has 0 saturated heterocycles. The quantitative estimate of drug-likeness (QED) is 0.645. The Kier molecular flexibility index (Phi) is 3.22. The molecule has 0 fully saturated rings. The SMILES string of the molecule is O=[Se](=O)(OP)Oc1ccc2ccccc2c1. The Morgan fingerprint density at radius 3 is 2.38 bits per heavy atom. The van der Waals surface area contributed by atoms with E-state index in [9.17, 15) is 7.67 Å². The predicted octanol–water partition coefficient (Wildman–Crippen LogP) is 2.32. The molecular weight excluding hydrogens is 294 g/mol. The minimum atomic E-state index is -4.72. The van der Waals surface area contributed by atoms with Crippen molar-refractivity contribution in [2.24, 2.45) is 0 Å². The van der Waals surface area contributed by atoms with Gasteiger partial charge in [0.05, 0.1) is 0 Å². The molecule has 2 rings (SSSR count). The second kappa shape index (κ2) is 4.48. The van der Waals surface area contributed by atoms with Crippen molar-refractivity contribution in [3.05, 3.63) is 42.5 Å². The summed E-state index contributed by atoms with van der Waals surface area (Å²) in [5, 5.41) is 1.93. The van der Waals surface area contributed by atoms with Crippen molar-refractivity contribution >= 4 is 33.6 Å². The van der Waals surface area contributed by atoms with E-state index in [-0.39, 0.29) is 5.75 Å². The Morgan fingerprint density at radius 2 is 1.69 bits per heavy atom. The van der Waals surface area contributed by atoms with Gasteiger partial charge in [0.1, 0.15) is 0 Å². The Labute approximate surface area is 97.1 Å². The van der Waals surface area contributed by atoms with Crippen molar-refractivity contribution in [1.82, 2.24) is 0 Å². The van der Waals surface area contributed by atoms with Crippen LogP contribution < -0.4 is 3.82 Å². The molecule has 0 N–H and O–H groups in total. The van der Waals surface area contributed by atoms with Gasteiger partial charge in [0.15, 0.2) is 0 Å². The summed E-state index contributed by atoms with van der Waals surface area (Å²) in [5.74, 6) is 0.256. The Balaban J connectivity index is 2.40. The van der Waals surface area contributed by atoms with E-state index < -0.39 is 13.4 Å². The second-order valence-corrected chi connectivity index (χ2v) is 6.56. The fourth-order valence-electron chi connectivity index (χ4n) is 1.36. The first-order valence-corrected chi connectivity index (χ1v) is 7.69. The Hall–Kier alpha value is -0.991. The van der Waals surface area contributed by atoms with Crippen LogP contribution in [0.4, 0.5) is 0 Å². The molecule has 0 radical (unpaired) electrons. The van der Waals surface area contributed by atoms with Crippen molar-refractivity contribution in [3.63, 3.8) is 0 Å². The minimum absolute atomic E-state index is 0.256. The van der Waals surface area contributed by atoms with Gasteiger partial charge in [-0.25, -0.2) is 0 Å². The van der Waals surface area contributed by atoms with E-state index in [1.165, 1.54) is 0 Å². The number of benzene rings is 2. The molecule has 6 heteroatoms. The van der Waals surface area contributed by atoms with Crippen LogP contribution in [0, 0.1) is 0 Å². The first-order valence-electron chi connectivity index (χ1n) is 4.42. The Morgan fingerprint density at radius 1 is 1.00 bits per heavy atom. The average Bonchev–Trinajstić information content (AvgIpc) is 2.28. The molecule has 1 atom stereocenters. The fraction of sp³-hybridized carbons (Fsp3) is 0. The summed E-state index contributed by atoms with van der Waals surface area (Å²) in [4.78, 5) is 0.